The zero-order valence-electron chi connectivity index (χ0n) is 10.9. The summed E-state index contributed by atoms with van der Waals surface area (Å²) in [5.74, 6) is 0.272. The van der Waals surface area contributed by atoms with Gasteiger partial charge in [0.05, 0.1) is 6.04 Å². The number of carbonyl (C=O) groups is 1. The summed E-state index contributed by atoms with van der Waals surface area (Å²) in [4.78, 5) is 13.8. The van der Waals surface area contributed by atoms with Crippen molar-refractivity contribution in [3.05, 3.63) is 34.9 Å². The molecule has 0 aliphatic rings. The van der Waals surface area contributed by atoms with Crippen molar-refractivity contribution in [2.24, 2.45) is 0 Å². The van der Waals surface area contributed by atoms with Gasteiger partial charge in [-0.15, -0.1) is 0 Å². The Bertz CT molecular complexity index is 374. The number of hydrogen-bond acceptors (Lipinski definition) is 2. The van der Waals surface area contributed by atoms with Gasteiger partial charge in [0.1, 0.15) is 5.78 Å². The van der Waals surface area contributed by atoms with E-state index < -0.39 is 0 Å². The van der Waals surface area contributed by atoms with Gasteiger partial charge in [-0.1, -0.05) is 30.7 Å². The zero-order chi connectivity index (χ0) is 13.0. The highest BCUT2D eigenvalue weighted by molar-refractivity contribution is 6.30. The molecule has 0 aromatic heterocycles. The lowest BCUT2D eigenvalue weighted by Crippen LogP contribution is -2.37. The minimum absolute atomic E-state index is 0.0503. The Balaban J connectivity index is 2.78. The van der Waals surface area contributed by atoms with Crippen LogP contribution in [0.4, 0.5) is 0 Å². The molecule has 3 heteroatoms. The van der Waals surface area contributed by atoms with E-state index in [0.29, 0.717) is 6.42 Å². The van der Waals surface area contributed by atoms with E-state index in [2.05, 4.69) is 11.8 Å². The predicted octanol–water partition coefficient (Wildman–Crippen LogP) is 3.70. The quantitative estimate of drug-likeness (QED) is 0.798. The Morgan fingerprint density at radius 3 is 2.29 bits per heavy atom. The maximum Gasteiger partial charge on any atom is 0.149 e. The van der Waals surface area contributed by atoms with Crippen LogP contribution in [0.3, 0.4) is 0 Å². The van der Waals surface area contributed by atoms with E-state index in [1.165, 1.54) is 5.56 Å². The third-order valence-electron chi connectivity index (χ3n) is 3.39. The molecule has 2 nitrogen and oxygen atoms in total. The number of Topliss-reactive ketones (excluding diaryl/α,β-unsaturated/α-hetero) is 1. The first kappa shape index (κ1) is 14.2. The van der Waals surface area contributed by atoms with Crippen molar-refractivity contribution >= 4 is 17.4 Å². The van der Waals surface area contributed by atoms with Gasteiger partial charge in [-0.05, 0) is 38.6 Å². The number of hydrogen-bond donors (Lipinski definition) is 0. The molecular formula is C14H20ClNO. The molecule has 0 bridgehead atoms. The molecule has 0 spiro atoms. The smallest absolute Gasteiger partial charge is 0.149 e. The molecule has 0 saturated heterocycles. The van der Waals surface area contributed by atoms with Crippen molar-refractivity contribution in [1.82, 2.24) is 4.90 Å². The summed E-state index contributed by atoms with van der Waals surface area (Å²) in [5.41, 5.74) is 1.17. The lowest BCUT2D eigenvalue weighted by Gasteiger charge is -2.30. The van der Waals surface area contributed by atoms with Crippen molar-refractivity contribution in [2.45, 2.75) is 39.3 Å². The summed E-state index contributed by atoms with van der Waals surface area (Å²) in [6, 6.07) is 7.93. The van der Waals surface area contributed by atoms with Gasteiger partial charge < -0.3 is 0 Å². The summed E-state index contributed by atoms with van der Waals surface area (Å²) >= 11 is 5.86. The minimum atomic E-state index is -0.0503. The van der Waals surface area contributed by atoms with Crippen LogP contribution >= 0.6 is 11.6 Å². The maximum absolute atomic E-state index is 11.7. The molecule has 94 valence electrons. The zero-order valence-corrected chi connectivity index (χ0v) is 11.7. The van der Waals surface area contributed by atoms with Crippen LogP contribution in [-0.2, 0) is 4.79 Å². The van der Waals surface area contributed by atoms with Gasteiger partial charge in [-0.3, -0.25) is 9.69 Å². The number of nitrogens with zero attached hydrogens (tertiary/aromatic N) is 1. The molecule has 0 aliphatic heterocycles. The van der Waals surface area contributed by atoms with E-state index in [9.17, 15) is 4.79 Å². The van der Waals surface area contributed by atoms with Crippen LogP contribution in [0.15, 0.2) is 24.3 Å². The SMILES string of the molecule is CCC(=O)C(C)N(C)C(C)c1ccc(Cl)cc1. The van der Waals surface area contributed by atoms with Gasteiger partial charge in [0, 0.05) is 17.5 Å². The molecule has 2 atom stereocenters. The Labute approximate surface area is 109 Å². The first-order valence-corrected chi connectivity index (χ1v) is 6.35. The molecule has 0 aliphatic carbocycles. The second-order valence-electron chi connectivity index (χ2n) is 4.39. The van der Waals surface area contributed by atoms with Crippen molar-refractivity contribution in [1.29, 1.82) is 0 Å². The normalized spacial score (nSPS) is 14.7. The number of rotatable bonds is 5. The molecule has 0 N–H and O–H groups in total. The van der Waals surface area contributed by atoms with Crippen LogP contribution in [0.2, 0.25) is 5.02 Å². The molecule has 17 heavy (non-hydrogen) atoms. The lowest BCUT2D eigenvalue weighted by atomic mass is 10.0. The molecular weight excluding hydrogens is 234 g/mol. The molecule has 1 aromatic carbocycles. The van der Waals surface area contributed by atoms with Gasteiger partial charge in [0.25, 0.3) is 0 Å². The summed E-state index contributed by atoms with van der Waals surface area (Å²) < 4.78 is 0. The van der Waals surface area contributed by atoms with Gasteiger partial charge >= 0.3 is 0 Å². The maximum atomic E-state index is 11.7. The van der Waals surface area contributed by atoms with Gasteiger partial charge in [0.2, 0.25) is 0 Å². The average molecular weight is 254 g/mol. The second kappa shape index (κ2) is 6.18. The number of halogens is 1. The van der Waals surface area contributed by atoms with Crippen molar-refractivity contribution < 1.29 is 4.79 Å². The first-order chi connectivity index (χ1) is 7.97. The van der Waals surface area contributed by atoms with E-state index in [0.717, 1.165) is 5.02 Å². The van der Waals surface area contributed by atoms with Crippen LogP contribution in [0.1, 0.15) is 38.8 Å². The minimum Gasteiger partial charge on any atom is -0.298 e. The fraction of sp³-hybridized carbons (Fsp3) is 0.500. The highest BCUT2D eigenvalue weighted by Crippen LogP contribution is 2.22. The average Bonchev–Trinajstić information content (AvgIpc) is 2.36. The number of benzene rings is 1. The predicted molar refractivity (Wildman–Crippen MR) is 72.4 cm³/mol. The fourth-order valence-electron chi connectivity index (χ4n) is 1.83. The lowest BCUT2D eigenvalue weighted by molar-refractivity contribution is -0.123. The molecule has 0 saturated carbocycles. The molecule has 1 rings (SSSR count). The van der Waals surface area contributed by atoms with Crippen LogP contribution in [-0.4, -0.2) is 23.8 Å². The molecule has 2 unspecified atom stereocenters. The number of carbonyl (C=O) groups excluding carboxylic acids is 1. The molecule has 1 aromatic rings. The Morgan fingerprint density at radius 2 is 1.82 bits per heavy atom. The highest BCUT2D eigenvalue weighted by atomic mass is 35.5. The number of ketones is 1. The Kier molecular flexibility index (Phi) is 5.16. The van der Waals surface area contributed by atoms with Crippen molar-refractivity contribution in [3.8, 4) is 0 Å². The standard InChI is InChI=1S/C14H20ClNO/c1-5-14(17)11(3)16(4)10(2)12-6-8-13(15)9-7-12/h6-11H,5H2,1-4H3. The van der Waals surface area contributed by atoms with Crippen LogP contribution in [0.25, 0.3) is 0 Å². The monoisotopic (exact) mass is 253 g/mol. The second-order valence-corrected chi connectivity index (χ2v) is 4.83. The van der Waals surface area contributed by atoms with E-state index in [1.807, 2.05) is 45.2 Å². The molecule has 0 radical (unpaired) electrons. The summed E-state index contributed by atoms with van der Waals surface area (Å²) in [6.45, 7) is 5.96. The van der Waals surface area contributed by atoms with Crippen LogP contribution < -0.4 is 0 Å². The largest absolute Gasteiger partial charge is 0.298 e. The molecule has 0 fully saturated rings. The van der Waals surface area contributed by atoms with E-state index >= 15 is 0 Å². The fourth-order valence-corrected chi connectivity index (χ4v) is 1.96. The topological polar surface area (TPSA) is 20.3 Å². The van der Waals surface area contributed by atoms with Crippen LogP contribution in [0, 0.1) is 0 Å². The molecule has 0 heterocycles. The Hall–Kier alpha value is -0.860. The van der Waals surface area contributed by atoms with Gasteiger partial charge in [-0.25, -0.2) is 0 Å². The number of likely N-dealkylation sites (N-methyl/N-ethyl adjacent to an activating group) is 1. The first-order valence-electron chi connectivity index (χ1n) is 5.97. The van der Waals surface area contributed by atoms with E-state index in [4.69, 9.17) is 11.6 Å². The van der Waals surface area contributed by atoms with Crippen molar-refractivity contribution in [3.63, 3.8) is 0 Å². The highest BCUT2D eigenvalue weighted by Gasteiger charge is 2.21. The van der Waals surface area contributed by atoms with Gasteiger partial charge in [-0.2, -0.15) is 0 Å². The Morgan fingerprint density at radius 1 is 1.29 bits per heavy atom. The summed E-state index contributed by atoms with van der Waals surface area (Å²) in [6.07, 6.45) is 0.582. The van der Waals surface area contributed by atoms with Crippen LogP contribution in [0.5, 0.6) is 0 Å². The third-order valence-corrected chi connectivity index (χ3v) is 3.64. The third kappa shape index (κ3) is 3.55. The van der Waals surface area contributed by atoms with E-state index in [1.54, 1.807) is 0 Å². The van der Waals surface area contributed by atoms with Gasteiger partial charge in [0.15, 0.2) is 0 Å². The van der Waals surface area contributed by atoms with E-state index in [-0.39, 0.29) is 17.9 Å². The molecule has 0 amide bonds. The summed E-state index contributed by atoms with van der Waals surface area (Å²) in [7, 11) is 1.98. The summed E-state index contributed by atoms with van der Waals surface area (Å²) in [5, 5.41) is 0.737. The van der Waals surface area contributed by atoms with Crippen molar-refractivity contribution in [2.75, 3.05) is 7.05 Å².